The van der Waals surface area contributed by atoms with Crippen LogP contribution in [-0.2, 0) is 11.3 Å². The molecule has 0 bridgehead atoms. The molecule has 1 atom stereocenters. The molecule has 1 heterocycles. The van der Waals surface area contributed by atoms with Gasteiger partial charge in [0, 0.05) is 32.3 Å². The van der Waals surface area contributed by atoms with Crippen LogP contribution in [0.25, 0.3) is 0 Å². The minimum Gasteiger partial charge on any atom is -0.359 e. The molecule has 3 N–H and O–H groups in total. The lowest BCUT2D eigenvalue weighted by Gasteiger charge is -2.09. The smallest absolute Gasteiger partial charge is 0.221 e. The van der Waals surface area contributed by atoms with Gasteiger partial charge in [-0.3, -0.25) is 4.79 Å². The summed E-state index contributed by atoms with van der Waals surface area (Å²) in [5.41, 5.74) is 6.69. The highest BCUT2D eigenvalue weighted by Crippen LogP contribution is 2.08. The summed E-state index contributed by atoms with van der Waals surface area (Å²) in [4.78, 5) is 15.0. The lowest BCUT2D eigenvalue weighted by molar-refractivity contribution is -0.120. The van der Waals surface area contributed by atoms with Crippen molar-refractivity contribution in [3.05, 3.63) is 18.2 Å². The molecule has 0 aromatic carbocycles. The Labute approximate surface area is 83.3 Å². The fourth-order valence-electron chi connectivity index (χ4n) is 1.24. The summed E-state index contributed by atoms with van der Waals surface area (Å²) in [6.45, 7) is 2.52. The van der Waals surface area contributed by atoms with Crippen molar-refractivity contribution >= 4 is 5.91 Å². The van der Waals surface area contributed by atoms with Gasteiger partial charge < -0.3 is 15.6 Å². The molecule has 78 valence electrons. The second-order valence-electron chi connectivity index (χ2n) is 3.22. The van der Waals surface area contributed by atoms with Gasteiger partial charge in [0.05, 0.1) is 12.0 Å². The molecular formula is C9H16N4O. The molecule has 1 aromatic heterocycles. The molecule has 0 aliphatic rings. The Morgan fingerprint density at radius 1 is 1.79 bits per heavy atom. The van der Waals surface area contributed by atoms with Crippen molar-refractivity contribution in [3.63, 3.8) is 0 Å². The van der Waals surface area contributed by atoms with Gasteiger partial charge >= 0.3 is 0 Å². The summed E-state index contributed by atoms with van der Waals surface area (Å²) >= 11 is 0. The zero-order valence-corrected chi connectivity index (χ0v) is 8.53. The highest BCUT2D eigenvalue weighted by atomic mass is 16.1. The van der Waals surface area contributed by atoms with Crippen LogP contribution in [-0.4, -0.2) is 22.5 Å². The molecule has 0 saturated heterocycles. The van der Waals surface area contributed by atoms with Gasteiger partial charge in [-0.15, -0.1) is 0 Å². The molecule has 0 saturated carbocycles. The minimum atomic E-state index is -0.0535. The van der Waals surface area contributed by atoms with Crippen molar-refractivity contribution in [1.82, 2.24) is 14.9 Å². The van der Waals surface area contributed by atoms with E-state index in [0.29, 0.717) is 13.0 Å². The van der Waals surface area contributed by atoms with E-state index in [1.807, 2.05) is 11.5 Å². The van der Waals surface area contributed by atoms with Gasteiger partial charge in [0.25, 0.3) is 0 Å². The third kappa shape index (κ3) is 2.56. The molecule has 0 aliphatic carbocycles. The third-order valence-electron chi connectivity index (χ3n) is 2.07. The van der Waals surface area contributed by atoms with Crippen LogP contribution in [0.1, 0.15) is 25.1 Å². The number of rotatable bonds is 4. The molecular weight excluding hydrogens is 180 g/mol. The normalized spacial score (nSPS) is 12.5. The lowest BCUT2D eigenvalue weighted by Crippen LogP contribution is -2.20. The van der Waals surface area contributed by atoms with Crippen molar-refractivity contribution in [3.8, 4) is 0 Å². The molecule has 0 spiro atoms. The number of aromatic nitrogens is 2. The molecule has 1 amide bonds. The molecule has 14 heavy (non-hydrogen) atoms. The van der Waals surface area contributed by atoms with Crippen LogP contribution in [0.5, 0.6) is 0 Å². The summed E-state index contributed by atoms with van der Waals surface area (Å²) < 4.78 is 1.90. The Kier molecular flexibility index (Phi) is 3.64. The Morgan fingerprint density at radius 3 is 3.07 bits per heavy atom. The number of aryl methyl sites for hydroxylation is 1. The number of carbonyl (C=O) groups is 1. The number of hydrogen-bond acceptors (Lipinski definition) is 3. The van der Waals surface area contributed by atoms with Gasteiger partial charge in [0.15, 0.2) is 0 Å². The summed E-state index contributed by atoms with van der Waals surface area (Å²) in [6.07, 6.45) is 3.88. The minimum absolute atomic E-state index is 0.0225. The van der Waals surface area contributed by atoms with Crippen LogP contribution < -0.4 is 11.1 Å². The predicted molar refractivity (Wildman–Crippen MR) is 53.5 cm³/mol. The summed E-state index contributed by atoms with van der Waals surface area (Å²) in [6, 6.07) is -0.0535. The van der Waals surface area contributed by atoms with Crippen molar-refractivity contribution in [2.24, 2.45) is 5.73 Å². The first-order chi connectivity index (χ1) is 6.65. The van der Waals surface area contributed by atoms with Crippen LogP contribution in [0.3, 0.4) is 0 Å². The standard InChI is InChI=1S/C9H16N4O/c1-7(10)8-5-12-6-13(8)4-3-9(14)11-2/h5-7H,3-4,10H2,1-2H3,(H,11,14)/t7-/m0/s1. The molecule has 0 fully saturated rings. The monoisotopic (exact) mass is 196 g/mol. The van der Waals surface area contributed by atoms with E-state index in [-0.39, 0.29) is 11.9 Å². The average molecular weight is 196 g/mol. The van der Waals surface area contributed by atoms with Crippen molar-refractivity contribution in [2.75, 3.05) is 7.05 Å². The van der Waals surface area contributed by atoms with Crippen LogP contribution in [0.15, 0.2) is 12.5 Å². The Morgan fingerprint density at radius 2 is 2.50 bits per heavy atom. The lowest BCUT2D eigenvalue weighted by atomic mass is 10.2. The average Bonchev–Trinajstić information content (AvgIpc) is 2.62. The summed E-state index contributed by atoms with van der Waals surface area (Å²) in [5.74, 6) is 0.0225. The van der Waals surface area contributed by atoms with Gasteiger partial charge in [-0.25, -0.2) is 4.98 Å². The number of nitrogens with zero attached hydrogens (tertiary/aromatic N) is 2. The first kappa shape index (κ1) is 10.7. The molecule has 0 unspecified atom stereocenters. The van der Waals surface area contributed by atoms with Crippen LogP contribution in [0.4, 0.5) is 0 Å². The van der Waals surface area contributed by atoms with Crippen LogP contribution >= 0.6 is 0 Å². The summed E-state index contributed by atoms with van der Waals surface area (Å²) in [7, 11) is 1.63. The van der Waals surface area contributed by atoms with Gasteiger partial charge in [-0.1, -0.05) is 0 Å². The van der Waals surface area contributed by atoms with Gasteiger partial charge in [0.2, 0.25) is 5.91 Å². The number of imidazole rings is 1. The van der Waals surface area contributed by atoms with E-state index < -0.39 is 0 Å². The highest BCUT2D eigenvalue weighted by Gasteiger charge is 2.07. The maximum absolute atomic E-state index is 11.0. The van der Waals surface area contributed by atoms with Crippen molar-refractivity contribution in [1.29, 1.82) is 0 Å². The van der Waals surface area contributed by atoms with E-state index in [1.54, 1.807) is 19.6 Å². The maximum Gasteiger partial charge on any atom is 0.221 e. The van der Waals surface area contributed by atoms with Gasteiger partial charge in [0.1, 0.15) is 0 Å². The number of hydrogen-bond donors (Lipinski definition) is 2. The highest BCUT2D eigenvalue weighted by molar-refractivity contribution is 5.75. The van der Waals surface area contributed by atoms with Gasteiger partial charge in [-0.2, -0.15) is 0 Å². The van der Waals surface area contributed by atoms with Crippen LogP contribution in [0, 0.1) is 0 Å². The third-order valence-corrected chi connectivity index (χ3v) is 2.07. The fourth-order valence-corrected chi connectivity index (χ4v) is 1.24. The van der Waals surface area contributed by atoms with E-state index >= 15 is 0 Å². The molecule has 5 nitrogen and oxygen atoms in total. The SMILES string of the molecule is CNC(=O)CCn1cncc1[C@H](C)N. The first-order valence-electron chi connectivity index (χ1n) is 4.61. The first-order valence-corrected chi connectivity index (χ1v) is 4.61. The van der Waals surface area contributed by atoms with Crippen LogP contribution in [0.2, 0.25) is 0 Å². The topological polar surface area (TPSA) is 72.9 Å². The number of amides is 1. The largest absolute Gasteiger partial charge is 0.359 e. The Balaban J connectivity index is 2.58. The molecule has 1 aromatic rings. The Hall–Kier alpha value is -1.36. The summed E-state index contributed by atoms with van der Waals surface area (Å²) in [5, 5.41) is 2.57. The number of nitrogens with one attached hydrogen (secondary N) is 1. The van der Waals surface area contributed by atoms with E-state index in [0.717, 1.165) is 5.69 Å². The van der Waals surface area contributed by atoms with Crippen molar-refractivity contribution in [2.45, 2.75) is 25.9 Å². The van der Waals surface area contributed by atoms with Gasteiger partial charge in [-0.05, 0) is 6.92 Å². The van der Waals surface area contributed by atoms with E-state index in [4.69, 9.17) is 5.73 Å². The maximum atomic E-state index is 11.0. The quantitative estimate of drug-likeness (QED) is 0.714. The van der Waals surface area contributed by atoms with Crippen molar-refractivity contribution < 1.29 is 4.79 Å². The number of nitrogens with two attached hydrogens (primary N) is 1. The fraction of sp³-hybridized carbons (Fsp3) is 0.556. The molecule has 0 aliphatic heterocycles. The zero-order valence-electron chi connectivity index (χ0n) is 8.53. The van der Waals surface area contributed by atoms with E-state index in [2.05, 4.69) is 10.3 Å². The second-order valence-corrected chi connectivity index (χ2v) is 3.22. The Bertz CT molecular complexity index is 306. The predicted octanol–water partition coefficient (Wildman–Crippen LogP) is 0.0389. The second kappa shape index (κ2) is 4.76. The molecule has 1 rings (SSSR count). The zero-order chi connectivity index (χ0) is 10.6. The van der Waals surface area contributed by atoms with E-state index in [9.17, 15) is 4.79 Å². The van der Waals surface area contributed by atoms with E-state index in [1.165, 1.54) is 0 Å². The molecule has 5 heteroatoms. The number of carbonyl (C=O) groups excluding carboxylic acids is 1. The molecule has 0 radical (unpaired) electrons.